The standard InChI is InChI=1S/C12H12N4OS/c1-8-10(7-14-12(13)18)11(17)16(15-8)9-5-3-2-4-6-9/h2-7,15H,1H3,(H2,13,18)/b14-7-. The molecule has 18 heavy (non-hydrogen) atoms. The number of H-pyrrole nitrogens is 1. The number of thiocarbonyl (C=S) groups is 1. The minimum absolute atomic E-state index is 0.00117. The molecular formula is C12H12N4OS. The first kappa shape index (κ1) is 12.3. The Balaban J connectivity index is 2.51. The average molecular weight is 260 g/mol. The first-order valence-corrected chi connectivity index (χ1v) is 5.71. The molecule has 0 bridgehead atoms. The highest BCUT2D eigenvalue weighted by Gasteiger charge is 2.09. The quantitative estimate of drug-likeness (QED) is 0.628. The molecule has 0 unspecified atom stereocenters. The molecule has 1 heterocycles. The Morgan fingerprint density at radius 3 is 2.72 bits per heavy atom. The van der Waals surface area contributed by atoms with Gasteiger partial charge in [0.25, 0.3) is 5.56 Å². The fourth-order valence-corrected chi connectivity index (χ4v) is 1.65. The highest BCUT2D eigenvalue weighted by molar-refractivity contribution is 7.80. The van der Waals surface area contributed by atoms with E-state index in [1.54, 1.807) is 6.92 Å². The number of nitrogens with one attached hydrogen (secondary N) is 1. The monoisotopic (exact) mass is 260 g/mol. The second kappa shape index (κ2) is 4.97. The molecule has 5 nitrogen and oxygen atoms in total. The van der Waals surface area contributed by atoms with Gasteiger partial charge in [-0.05, 0) is 31.3 Å². The van der Waals surface area contributed by atoms with Crippen molar-refractivity contribution in [2.75, 3.05) is 0 Å². The van der Waals surface area contributed by atoms with Gasteiger partial charge in [0.1, 0.15) is 0 Å². The highest BCUT2D eigenvalue weighted by Crippen LogP contribution is 2.05. The second-order valence-electron chi connectivity index (χ2n) is 3.72. The van der Waals surface area contributed by atoms with Crippen LogP contribution in [0.1, 0.15) is 11.3 Å². The van der Waals surface area contributed by atoms with Crippen LogP contribution in [0.15, 0.2) is 40.1 Å². The van der Waals surface area contributed by atoms with Crippen molar-refractivity contribution in [2.24, 2.45) is 10.7 Å². The van der Waals surface area contributed by atoms with E-state index in [2.05, 4.69) is 22.3 Å². The highest BCUT2D eigenvalue weighted by atomic mass is 32.1. The number of hydrogen-bond donors (Lipinski definition) is 2. The number of aliphatic imine (C=N–C) groups is 1. The van der Waals surface area contributed by atoms with Crippen molar-refractivity contribution in [1.29, 1.82) is 0 Å². The van der Waals surface area contributed by atoms with Crippen molar-refractivity contribution in [3.05, 3.63) is 51.9 Å². The van der Waals surface area contributed by atoms with Crippen molar-refractivity contribution < 1.29 is 0 Å². The number of nitrogens with zero attached hydrogens (tertiary/aromatic N) is 2. The molecule has 3 N–H and O–H groups in total. The number of aromatic nitrogens is 2. The Labute approximate surface area is 109 Å². The zero-order chi connectivity index (χ0) is 13.1. The molecule has 2 aromatic rings. The number of hydrogen-bond acceptors (Lipinski definition) is 2. The van der Waals surface area contributed by atoms with Gasteiger partial charge in [-0.15, -0.1) is 0 Å². The van der Waals surface area contributed by atoms with Gasteiger partial charge in [-0.3, -0.25) is 9.89 Å². The van der Waals surface area contributed by atoms with Crippen LogP contribution in [0.25, 0.3) is 5.69 Å². The van der Waals surface area contributed by atoms with Gasteiger partial charge in [-0.25, -0.2) is 9.67 Å². The smallest absolute Gasteiger partial charge is 0.280 e. The summed E-state index contributed by atoms with van der Waals surface area (Å²) >= 11 is 4.64. The normalized spacial score (nSPS) is 10.9. The number of para-hydroxylation sites is 1. The lowest BCUT2D eigenvalue weighted by Crippen LogP contribution is -2.17. The van der Waals surface area contributed by atoms with E-state index in [1.807, 2.05) is 30.3 Å². The third-order valence-electron chi connectivity index (χ3n) is 2.45. The second-order valence-corrected chi connectivity index (χ2v) is 4.14. The fraction of sp³-hybridized carbons (Fsp3) is 0.0833. The molecule has 0 aliphatic carbocycles. The van der Waals surface area contributed by atoms with Crippen molar-refractivity contribution >= 4 is 23.5 Å². The molecular weight excluding hydrogens is 248 g/mol. The molecule has 1 aromatic heterocycles. The van der Waals surface area contributed by atoms with Crippen LogP contribution in [0.5, 0.6) is 0 Å². The summed E-state index contributed by atoms with van der Waals surface area (Å²) in [5.41, 5.74) is 7.02. The first-order chi connectivity index (χ1) is 8.59. The Morgan fingerprint density at radius 2 is 2.11 bits per heavy atom. The van der Waals surface area contributed by atoms with Crippen molar-refractivity contribution in [3.8, 4) is 5.69 Å². The number of rotatable bonds is 2. The van der Waals surface area contributed by atoms with E-state index in [0.29, 0.717) is 11.3 Å². The van der Waals surface area contributed by atoms with E-state index in [0.717, 1.165) is 5.69 Å². The lowest BCUT2D eigenvalue weighted by Gasteiger charge is -1.99. The molecule has 0 fully saturated rings. The van der Waals surface area contributed by atoms with Crippen molar-refractivity contribution in [2.45, 2.75) is 6.92 Å². The molecule has 0 saturated heterocycles. The third kappa shape index (κ3) is 2.38. The average Bonchev–Trinajstić information content (AvgIpc) is 2.63. The summed E-state index contributed by atoms with van der Waals surface area (Å²) in [6.45, 7) is 1.79. The van der Waals surface area contributed by atoms with Gasteiger partial charge in [0, 0.05) is 11.9 Å². The summed E-state index contributed by atoms with van der Waals surface area (Å²) in [6.07, 6.45) is 1.38. The number of aromatic amines is 1. The predicted molar refractivity (Wildman–Crippen MR) is 75.5 cm³/mol. The molecule has 0 aliphatic rings. The summed E-state index contributed by atoms with van der Waals surface area (Å²) < 4.78 is 1.45. The Hall–Kier alpha value is -2.21. The van der Waals surface area contributed by atoms with Crippen LogP contribution in [0.3, 0.4) is 0 Å². The van der Waals surface area contributed by atoms with E-state index in [-0.39, 0.29) is 10.7 Å². The van der Waals surface area contributed by atoms with Gasteiger partial charge in [0.15, 0.2) is 5.11 Å². The summed E-state index contributed by atoms with van der Waals surface area (Å²) in [6, 6.07) is 9.29. The SMILES string of the molecule is Cc1[nH]n(-c2ccccc2)c(=O)c1/C=N\C(N)=S. The van der Waals surface area contributed by atoms with Crippen LogP contribution in [-0.4, -0.2) is 21.1 Å². The Kier molecular flexibility index (Phi) is 3.38. The van der Waals surface area contributed by atoms with Gasteiger partial charge in [-0.1, -0.05) is 18.2 Å². The van der Waals surface area contributed by atoms with E-state index >= 15 is 0 Å². The van der Waals surface area contributed by atoms with Gasteiger partial charge < -0.3 is 5.73 Å². The third-order valence-corrected chi connectivity index (χ3v) is 2.56. The van der Waals surface area contributed by atoms with E-state index < -0.39 is 0 Å². The molecule has 0 aliphatic heterocycles. The first-order valence-electron chi connectivity index (χ1n) is 5.30. The lowest BCUT2D eigenvalue weighted by atomic mass is 10.3. The minimum Gasteiger partial charge on any atom is -0.374 e. The van der Waals surface area contributed by atoms with Gasteiger partial charge in [0.05, 0.1) is 11.3 Å². The number of nitrogens with two attached hydrogens (primary N) is 1. The maximum absolute atomic E-state index is 12.2. The van der Waals surface area contributed by atoms with Crippen LogP contribution in [-0.2, 0) is 0 Å². The van der Waals surface area contributed by atoms with Gasteiger partial charge in [0.2, 0.25) is 0 Å². The zero-order valence-corrected chi connectivity index (χ0v) is 10.6. The molecule has 0 atom stereocenters. The Morgan fingerprint density at radius 1 is 1.44 bits per heavy atom. The van der Waals surface area contributed by atoms with Crippen LogP contribution in [0.2, 0.25) is 0 Å². The molecule has 6 heteroatoms. The van der Waals surface area contributed by atoms with E-state index in [1.165, 1.54) is 10.9 Å². The van der Waals surface area contributed by atoms with Crippen LogP contribution >= 0.6 is 12.2 Å². The van der Waals surface area contributed by atoms with Crippen LogP contribution < -0.4 is 11.3 Å². The van der Waals surface area contributed by atoms with Gasteiger partial charge >= 0.3 is 0 Å². The predicted octanol–water partition coefficient (Wildman–Crippen LogP) is 1.14. The van der Waals surface area contributed by atoms with Crippen LogP contribution in [0, 0.1) is 6.92 Å². The summed E-state index contributed by atoms with van der Waals surface area (Å²) in [7, 11) is 0. The van der Waals surface area contributed by atoms with E-state index in [4.69, 9.17) is 5.73 Å². The summed E-state index contributed by atoms with van der Waals surface area (Å²) in [4.78, 5) is 15.9. The molecule has 0 saturated carbocycles. The molecule has 0 amide bonds. The maximum Gasteiger partial charge on any atom is 0.280 e. The number of benzene rings is 1. The van der Waals surface area contributed by atoms with E-state index in [9.17, 15) is 4.79 Å². The Bertz CT molecular complexity index is 654. The van der Waals surface area contributed by atoms with Crippen molar-refractivity contribution in [1.82, 2.24) is 9.78 Å². The maximum atomic E-state index is 12.2. The topological polar surface area (TPSA) is 76.2 Å². The summed E-state index contributed by atoms with van der Waals surface area (Å²) in [5.74, 6) is 0. The molecule has 2 rings (SSSR count). The molecule has 92 valence electrons. The largest absolute Gasteiger partial charge is 0.374 e. The summed E-state index contributed by atoms with van der Waals surface area (Å²) in [5, 5.41) is 2.98. The van der Waals surface area contributed by atoms with Crippen LogP contribution in [0.4, 0.5) is 0 Å². The molecule has 0 spiro atoms. The van der Waals surface area contributed by atoms with Crippen molar-refractivity contribution in [3.63, 3.8) is 0 Å². The molecule has 1 aromatic carbocycles. The molecule has 0 radical (unpaired) electrons. The van der Waals surface area contributed by atoms with Gasteiger partial charge in [-0.2, -0.15) is 0 Å². The lowest BCUT2D eigenvalue weighted by molar-refractivity contribution is 0.835. The fourth-order valence-electron chi connectivity index (χ4n) is 1.60. The zero-order valence-electron chi connectivity index (χ0n) is 9.75. The number of aryl methyl sites for hydroxylation is 1. The minimum atomic E-state index is -0.182.